The lowest BCUT2D eigenvalue weighted by molar-refractivity contribution is -0.139. The normalized spacial score (nSPS) is 27.7. The molecule has 0 amide bonds. The SMILES string of the molecule is Cc1cccc(CC(CCC2CCC(O)C2CC(=O)O)C2OCCO2)c1. The Bertz CT molecular complexity index is 596. The molecule has 1 aromatic carbocycles. The van der Waals surface area contributed by atoms with Crippen LogP contribution in [0.3, 0.4) is 0 Å². The van der Waals surface area contributed by atoms with Gasteiger partial charge in [0.15, 0.2) is 6.29 Å². The minimum Gasteiger partial charge on any atom is -0.481 e. The summed E-state index contributed by atoms with van der Waals surface area (Å²) in [6.07, 6.45) is 3.74. The molecule has 1 saturated carbocycles. The molecule has 2 N–H and O–H groups in total. The van der Waals surface area contributed by atoms with E-state index in [9.17, 15) is 9.90 Å². The van der Waals surface area contributed by atoms with Gasteiger partial charge in [-0.25, -0.2) is 0 Å². The van der Waals surface area contributed by atoms with E-state index in [-0.39, 0.29) is 30.5 Å². The Balaban J connectivity index is 1.63. The van der Waals surface area contributed by atoms with Crippen LogP contribution in [-0.2, 0) is 20.7 Å². The van der Waals surface area contributed by atoms with Crippen LogP contribution >= 0.6 is 0 Å². The molecule has 2 fully saturated rings. The maximum Gasteiger partial charge on any atom is 0.303 e. The summed E-state index contributed by atoms with van der Waals surface area (Å²) in [6, 6.07) is 8.52. The van der Waals surface area contributed by atoms with Crippen LogP contribution in [0.15, 0.2) is 24.3 Å². The van der Waals surface area contributed by atoms with Crippen molar-refractivity contribution in [1.29, 1.82) is 0 Å². The summed E-state index contributed by atoms with van der Waals surface area (Å²) in [5.74, 6) is -0.428. The second kappa shape index (κ2) is 8.98. The summed E-state index contributed by atoms with van der Waals surface area (Å²) in [5, 5.41) is 19.3. The Labute approximate surface area is 155 Å². The quantitative estimate of drug-likeness (QED) is 0.743. The van der Waals surface area contributed by atoms with Crippen LogP contribution in [0.5, 0.6) is 0 Å². The van der Waals surface area contributed by atoms with Crippen LogP contribution in [0, 0.1) is 24.7 Å². The lowest BCUT2D eigenvalue weighted by Crippen LogP contribution is -2.26. The highest BCUT2D eigenvalue weighted by atomic mass is 16.7. The average Bonchev–Trinajstić information content (AvgIpc) is 3.23. The van der Waals surface area contributed by atoms with Crippen molar-refractivity contribution in [2.24, 2.45) is 17.8 Å². The standard InChI is InChI=1S/C21H30O5/c1-14-3-2-4-15(11-14)12-17(21-25-9-10-26-21)6-5-16-7-8-19(22)18(16)13-20(23)24/h2-4,11,16-19,21-22H,5-10,12-13H2,1H3,(H,23,24). The van der Waals surface area contributed by atoms with Gasteiger partial charge >= 0.3 is 5.97 Å². The van der Waals surface area contributed by atoms with Gasteiger partial charge in [-0.05, 0) is 56.4 Å². The van der Waals surface area contributed by atoms with Crippen molar-refractivity contribution in [1.82, 2.24) is 0 Å². The number of rotatable bonds is 8. The molecule has 4 unspecified atom stereocenters. The van der Waals surface area contributed by atoms with Crippen LogP contribution in [0.1, 0.15) is 43.2 Å². The van der Waals surface area contributed by atoms with Crippen molar-refractivity contribution in [2.75, 3.05) is 13.2 Å². The van der Waals surface area contributed by atoms with E-state index >= 15 is 0 Å². The Hall–Kier alpha value is -1.43. The number of aliphatic hydroxyl groups excluding tert-OH is 1. The van der Waals surface area contributed by atoms with Gasteiger partial charge in [-0.2, -0.15) is 0 Å². The zero-order valence-corrected chi connectivity index (χ0v) is 15.5. The van der Waals surface area contributed by atoms with Crippen LogP contribution < -0.4 is 0 Å². The lowest BCUT2D eigenvalue weighted by Gasteiger charge is -2.26. The first-order valence-electron chi connectivity index (χ1n) is 9.71. The van der Waals surface area contributed by atoms with Crippen molar-refractivity contribution in [3.8, 4) is 0 Å². The van der Waals surface area contributed by atoms with Gasteiger partial charge in [0.2, 0.25) is 0 Å². The minimum atomic E-state index is -0.820. The van der Waals surface area contributed by atoms with E-state index in [4.69, 9.17) is 14.6 Å². The van der Waals surface area contributed by atoms with Crippen LogP contribution in [0.2, 0.25) is 0 Å². The Morgan fingerprint density at radius 3 is 2.73 bits per heavy atom. The monoisotopic (exact) mass is 362 g/mol. The van der Waals surface area contributed by atoms with Gasteiger partial charge in [-0.15, -0.1) is 0 Å². The average molecular weight is 362 g/mol. The summed E-state index contributed by atoms with van der Waals surface area (Å²) in [7, 11) is 0. The van der Waals surface area contributed by atoms with Gasteiger partial charge in [0.25, 0.3) is 0 Å². The highest BCUT2D eigenvalue weighted by molar-refractivity contribution is 5.67. The van der Waals surface area contributed by atoms with Gasteiger partial charge in [-0.3, -0.25) is 4.79 Å². The highest BCUT2D eigenvalue weighted by Gasteiger charge is 2.37. The van der Waals surface area contributed by atoms with Crippen LogP contribution in [-0.4, -0.2) is 41.8 Å². The molecule has 4 atom stereocenters. The molecule has 5 nitrogen and oxygen atoms in total. The van der Waals surface area contributed by atoms with E-state index in [1.165, 1.54) is 11.1 Å². The number of benzene rings is 1. The first-order valence-corrected chi connectivity index (χ1v) is 9.71. The number of carboxylic acids is 1. The van der Waals surface area contributed by atoms with E-state index in [1.54, 1.807) is 0 Å². The first kappa shape index (κ1) is 19.3. The summed E-state index contributed by atoms with van der Waals surface area (Å²) in [6.45, 7) is 3.37. The summed E-state index contributed by atoms with van der Waals surface area (Å²) in [4.78, 5) is 11.1. The van der Waals surface area contributed by atoms with Crippen molar-refractivity contribution in [2.45, 2.75) is 57.8 Å². The molecule has 0 radical (unpaired) electrons. The zero-order chi connectivity index (χ0) is 18.5. The minimum absolute atomic E-state index is 0.0603. The van der Waals surface area contributed by atoms with Crippen molar-refractivity contribution in [3.63, 3.8) is 0 Å². The van der Waals surface area contributed by atoms with Crippen molar-refractivity contribution < 1.29 is 24.5 Å². The fourth-order valence-electron chi connectivity index (χ4n) is 4.54. The van der Waals surface area contributed by atoms with E-state index in [0.717, 1.165) is 25.7 Å². The maximum absolute atomic E-state index is 11.1. The molecule has 3 rings (SSSR count). The molecule has 5 heteroatoms. The van der Waals surface area contributed by atoms with Crippen LogP contribution in [0.4, 0.5) is 0 Å². The summed E-state index contributed by atoms with van der Waals surface area (Å²) >= 11 is 0. The third-order valence-corrected chi connectivity index (χ3v) is 5.86. The molecule has 1 aromatic rings. The zero-order valence-electron chi connectivity index (χ0n) is 15.5. The number of hydrogen-bond donors (Lipinski definition) is 2. The molecule has 26 heavy (non-hydrogen) atoms. The molecule has 1 saturated heterocycles. The predicted octanol–water partition coefficient (Wildman–Crippen LogP) is 3.17. The fourth-order valence-corrected chi connectivity index (χ4v) is 4.54. The molecule has 1 aliphatic heterocycles. The van der Waals surface area contributed by atoms with E-state index in [2.05, 4.69) is 31.2 Å². The molecular formula is C21H30O5. The molecule has 1 heterocycles. The highest BCUT2D eigenvalue weighted by Crippen LogP contribution is 2.39. The largest absolute Gasteiger partial charge is 0.481 e. The third-order valence-electron chi connectivity index (χ3n) is 5.86. The van der Waals surface area contributed by atoms with E-state index in [1.807, 2.05) is 0 Å². The number of carbonyl (C=O) groups is 1. The van der Waals surface area contributed by atoms with Gasteiger partial charge < -0.3 is 19.7 Å². The number of carboxylic acid groups (broad SMARTS) is 1. The summed E-state index contributed by atoms with van der Waals surface area (Å²) < 4.78 is 11.6. The molecule has 144 valence electrons. The Kier molecular flexibility index (Phi) is 6.68. The third kappa shape index (κ3) is 5.06. The molecule has 1 aliphatic carbocycles. The number of aliphatic hydroxyl groups is 1. The molecule has 0 bridgehead atoms. The summed E-state index contributed by atoms with van der Waals surface area (Å²) in [5.41, 5.74) is 2.53. The first-order chi connectivity index (χ1) is 12.5. The number of ether oxygens (including phenoxy) is 2. The topological polar surface area (TPSA) is 76.0 Å². The number of aryl methyl sites for hydroxylation is 1. The predicted molar refractivity (Wildman–Crippen MR) is 97.8 cm³/mol. The van der Waals surface area contributed by atoms with E-state index < -0.39 is 12.1 Å². The van der Waals surface area contributed by atoms with Gasteiger partial charge in [0.1, 0.15) is 0 Å². The molecular weight excluding hydrogens is 332 g/mol. The van der Waals surface area contributed by atoms with Gasteiger partial charge in [0.05, 0.1) is 25.7 Å². The second-order valence-electron chi connectivity index (χ2n) is 7.81. The van der Waals surface area contributed by atoms with E-state index in [0.29, 0.717) is 19.6 Å². The lowest BCUT2D eigenvalue weighted by atomic mass is 9.84. The van der Waals surface area contributed by atoms with Crippen molar-refractivity contribution >= 4 is 5.97 Å². The smallest absolute Gasteiger partial charge is 0.303 e. The van der Waals surface area contributed by atoms with Crippen molar-refractivity contribution in [3.05, 3.63) is 35.4 Å². The fraction of sp³-hybridized carbons (Fsp3) is 0.667. The Morgan fingerprint density at radius 1 is 1.27 bits per heavy atom. The van der Waals surface area contributed by atoms with Gasteiger partial charge in [0, 0.05) is 5.92 Å². The van der Waals surface area contributed by atoms with Gasteiger partial charge in [-0.1, -0.05) is 29.8 Å². The maximum atomic E-state index is 11.1. The van der Waals surface area contributed by atoms with Crippen LogP contribution in [0.25, 0.3) is 0 Å². The molecule has 2 aliphatic rings. The molecule has 0 spiro atoms. The molecule has 0 aromatic heterocycles. The second-order valence-corrected chi connectivity index (χ2v) is 7.81. The number of aliphatic carboxylic acids is 1. The Morgan fingerprint density at radius 2 is 2.04 bits per heavy atom. The number of hydrogen-bond acceptors (Lipinski definition) is 4.